The van der Waals surface area contributed by atoms with E-state index < -0.39 is 16.1 Å². The van der Waals surface area contributed by atoms with E-state index in [0.717, 1.165) is 0 Å². The molecular formula is C13H20ClNO3S. The van der Waals surface area contributed by atoms with Crippen molar-refractivity contribution in [2.24, 2.45) is 5.92 Å². The minimum Gasteiger partial charge on any atom is -0.393 e. The third kappa shape index (κ3) is 5.91. The summed E-state index contributed by atoms with van der Waals surface area (Å²) in [5.74, 6) is -0.0298. The van der Waals surface area contributed by atoms with Gasteiger partial charge in [0.05, 0.1) is 11.9 Å². The second-order valence-electron chi connectivity index (χ2n) is 4.84. The Hall–Kier alpha value is -0.620. The first-order chi connectivity index (χ1) is 8.82. The molecule has 6 heteroatoms. The number of halogens is 1. The van der Waals surface area contributed by atoms with Crippen molar-refractivity contribution >= 4 is 21.6 Å². The first-order valence-electron chi connectivity index (χ1n) is 6.20. The molecule has 1 aromatic rings. The molecule has 1 rings (SSSR count). The fourth-order valence-corrected chi connectivity index (χ4v) is 3.04. The van der Waals surface area contributed by atoms with E-state index in [1.54, 1.807) is 24.3 Å². The van der Waals surface area contributed by atoms with E-state index in [1.165, 1.54) is 0 Å². The van der Waals surface area contributed by atoms with Gasteiger partial charge in [-0.25, -0.2) is 13.1 Å². The van der Waals surface area contributed by atoms with Crippen LogP contribution in [0.15, 0.2) is 24.3 Å². The SMILES string of the molecule is CC(C)C(O)CCNS(=O)(=O)Cc1ccccc1Cl. The Labute approximate surface area is 119 Å². The Bertz CT molecular complexity index is 502. The van der Waals surface area contributed by atoms with Gasteiger partial charge in [-0.2, -0.15) is 0 Å². The lowest BCUT2D eigenvalue weighted by Crippen LogP contribution is -2.29. The lowest BCUT2D eigenvalue weighted by atomic mass is 10.1. The molecule has 0 aliphatic heterocycles. The van der Waals surface area contributed by atoms with Crippen molar-refractivity contribution in [1.29, 1.82) is 0 Å². The number of nitrogens with one attached hydrogen (secondary N) is 1. The van der Waals surface area contributed by atoms with Gasteiger partial charge in [0.1, 0.15) is 0 Å². The predicted molar refractivity (Wildman–Crippen MR) is 77.5 cm³/mol. The second kappa shape index (κ2) is 7.24. The molecule has 0 saturated heterocycles. The van der Waals surface area contributed by atoms with Gasteiger partial charge >= 0.3 is 0 Å². The number of rotatable bonds is 7. The highest BCUT2D eigenvalue weighted by Crippen LogP contribution is 2.17. The largest absolute Gasteiger partial charge is 0.393 e. The minimum absolute atomic E-state index is 0.119. The molecular weight excluding hydrogens is 286 g/mol. The van der Waals surface area contributed by atoms with Gasteiger partial charge in [-0.05, 0) is 24.0 Å². The number of sulfonamides is 1. The highest BCUT2D eigenvalue weighted by molar-refractivity contribution is 7.88. The zero-order chi connectivity index (χ0) is 14.5. The van der Waals surface area contributed by atoms with Gasteiger partial charge in [0.15, 0.2) is 0 Å². The second-order valence-corrected chi connectivity index (χ2v) is 7.06. The summed E-state index contributed by atoms with van der Waals surface area (Å²) in [4.78, 5) is 0. The van der Waals surface area contributed by atoms with Crippen LogP contribution in [0.4, 0.5) is 0 Å². The maximum absolute atomic E-state index is 11.9. The molecule has 4 nitrogen and oxygen atoms in total. The normalized spacial score (nSPS) is 13.7. The predicted octanol–water partition coefficient (Wildman–Crippen LogP) is 2.17. The van der Waals surface area contributed by atoms with Gasteiger partial charge in [-0.3, -0.25) is 0 Å². The summed E-state index contributed by atoms with van der Waals surface area (Å²) >= 11 is 5.92. The number of aliphatic hydroxyl groups excluding tert-OH is 1. The number of benzene rings is 1. The van der Waals surface area contributed by atoms with Gasteiger partial charge in [-0.1, -0.05) is 43.6 Å². The summed E-state index contributed by atoms with van der Waals surface area (Å²) in [6.07, 6.45) is -0.0950. The smallest absolute Gasteiger partial charge is 0.215 e. The first-order valence-corrected chi connectivity index (χ1v) is 8.23. The molecule has 2 N–H and O–H groups in total. The van der Waals surface area contributed by atoms with E-state index in [9.17, 15) is 13.5 Å². The molecule has 0 aromatic heterocycles. The first kappa shape index (κ1) is 16.4. The van der Waals surface area contributed by atoms with Crippen LogP contribution in [0.3, 0.4) is 0 Å². The molecule has 1 aromatic carbocycles. The number of hydrogen-bond donors (Lipinski definition) is 2. The third-order valence-corrected chi connectivity index (χ3v) is 4.54. The summed E-state index contributed by atoms with van der Waals surface area (Å²) < 4.78 is 26.2. The van der Waals surface area contributed by atoms with Crippen LogP contribution in [0.2, 0.25) is 5.02 Å². The van der Waals surface area contributed by atoms with Crippen LogP contribution in [0.25, 0.3) is 0 Å². The van der Waals surface area contributed by atoms with Crippen LogP contribution in [0, 0.1) is 5.92 Å². The summed E-state index contributed by atoms with van der Waals surface area (Å²) in [5, 5.41) is 10.0. The summed E-state index contributed by atoms with van der Waals surface area (Å²) in [6.45, 7) is 4.01. The zero-order valence-electron chi connectivity index (χ0n) is 11.1. The topological polar surface area (TPSA) is 66.4 Å². The molecule has 0 spiro atoms. The van der Waals surface area contributed by atoms with Gasteiger partial charge in [0.25, 0.3) is 0 Å². The summed E-state index contributed by atoms with van der Waals surface area (Å²) in [5.41, 5.74) is 0.570. The van der Waals surface area contributed by atoms with Crippen molar-refractivity contribution in [2.45, 2.75) is 32.1 Å². The minimum atomic E-state index is -3.42. The van der Waals surface area contributed by atoms with E-state index in [4.69, 9.17) is 11.6 Å². The van der Waals surface area contributed by atoms with E-state index >= 15 is 0 Å². The van der Waals surface area contributed by atoms with Crippen LogP contribution in [-0.2, 0) is 15.8 Å². The highest BCUT2D eigenvalue weighted by atomic mass is 35.5. The summed E-state index contributed by atoms with van der Waals surface area (Å²) in [6, 6.07) is 6.85. The van der Waals surface area contributed by atoms with Crippen molar-refractivity contribution in [3.05, 3.63) is 34.9 Å². The maximum atomic E-state index is 11.9. The van der Waals surface area contributed by atoms with E-state index in [1.807, 2.05) is 13.8 Å². The molecule has 108 valence electrons. The van der Waals surface area contributed by atoms with Crippen LogP contribution in [0.1, 0.15) is 25.8 Å². The maximum Gasteiger partial charge on any atom is 0.215 e. The van der Waals surface area contributed by atoms with Crippen LogP contribution in [-0.4, -0.2) is 26.2 Å². The molecule has 0 heterocycles. The van der Waals surface area contributed by atoms with Gasteiger partial charge in [0.2, 0.25) is 10.0 Å². The van der Waals surface area contributed by atoms with Crippen molar-refractivity contribution in [1.82, 2.24) is 4.72 Å². The Morgan fingerprint density at radius 3 is 2.53 bits per heavy atom. The molecule has 0 radical (unpaired) electrons. The molecule has 19 heavy (non-hydrogen) atoms. The molecule has 1 unspecified atom stereocenters. The Morgan fingerprint density at radius 1 is 1.32 bits per heavy atom. The van der Waals surface area contributed by atoms with E-state index in [0.29, 0.717) is 17.0 Å². The number of hydrogen-bond acceptors (Lipinski definition) is 3. The van der Waals surface area contributed by atoms with Crippen LogP contribution in [0.5, 0.6) is 0 Å². The molecule has 1 atom stereocenters. The van der Waals surface area contributed by atoms with Gasteiger partial charge in [0, 0.05) is 11.6 Å². The highest BCUT2D eigenvalue weighted by Gasteiger charge is 2.15. The lowest BCUT2D eigenvalue weighted by Gasteiger charge is -2.14. The van der Waals surface area contributed by atoms with Crippen LogP contribution < -0.4 is 4.72 Å². The molecule has 0 aliphatic rings. The fraction of sp³-hybridized carbons (Fsp3) is 0.538. The monoisotopic (exact) mass is 305 g/mol. The van der Waals surface area contributed by atoms with E-state index in [2.05, 4.69) is 4.72 Å². The van der Waals surface area contributed by atoms with Crippen molar-refractivity contribution in [2.75, 3.05) is 6.54 Å². The van der Waals surface area contributed by atoms with Gasteiger partial charge < -0.3 is 5.11 Å². The third-order valence-electron chi connectivity index (χ3n) is 2.83. The van der Waals surface area contributed by atoms with Gasteiger partial charge in [-0.15, -0.1) is 0 Å². The van der Waals surface area contributed by atoms with Crippen molar-refractivity contribution < 1.29 is 13.5 Å². The average molecular weight is 306 g/mol. The Kier molecular flexibility index (Phi) is 6.26. The Balaban J connectivity index is 2.51. The Morgan fingerprint density at radius 2 is 1.95 bits per heavy atom. The van der Waals surface area contributed by atoms with E-state index in [-0.39, 0.29) is 18.2 Å². The standard InChI is InChI=1S/C13H20ClNO3S/c1-10(2)13(16)7-8-15-19(17,18)9-11-5-3-4-6-12(11)14/h3-6,10,13,15-16H,7-9H2,1-2H3. The molecule has 0 aliphatic carbocycles. The van der Waals surface area contributed by atoms with Crippen LogP contribution >= 0.6 is 11.6 Å². The quantitative estimate of drug-likeness (QED) is 0.811. The summed E-state index contributed by atoms with van der Waals surface area (Å²) in [7, 11) is -3.42. The van der Waals surface area contributed by atoms with Crippen molar-refractivity contribution in [3.8, 4) is 0 Å². The molecule has 0 saturated carbocycles. The average Bonchev–Trinajstić information content (AvgIpc) is 2.31. The molecule has 0 amide bonds. The number of aliphatic hydroxyl groups is 1. The zero-order valence-corrected chi connectivity index (χ0v) is 12.7. The fourth-order valence-electron chi connectivity index (χ4n) is 1.57. The van der Waals surface area contributed by atoms with Crippen molar-refractivity contribution in [3.63, 3.8) is 0 Å². The lowest BCUT2D eigenvalue weighted by molar-refractivity contribution is 0.118. The molecule has 0 fully saturated rings. The molecule has 0 bridgehead atoms.